The summed E-state index contributed by atoms with van der Waals surface area (Å²) in [6.45, 7) is 2.55. The molecule has 1 saturated heterocycles. The highest BCUT2D eigenvalue weighted by atomic mass is 15.6. The van der Waals surface area contributed by atoms with E-state index in [0.29, 0.717) is 0 Å². The molecule has 0 aliphatic carbocycles. The predicted molar refractivity (Wildman–Crippen MR) is 53.8 cm³/mol. The third kappa shape index (κ3) is 0.754. The van der Waals surface area contributed by atoms with Gasteiger partial charge in [0.1, 0.15) is 17.5 Å². The molecule has 78 valence electrons. The van der Waals surface area contributed by atoms with Gasteiger partial charge in [-0.3, -0.25) is 14.7 Å². The van der Waals surface area contributed by atoms with Gasteiger partial charge >= 0.3 is 0 Å². The predicted octanol–water partition coefficient (Wildman–Crippen LogP) is -1.02. The van der Waals surface area contributed by atoms with Gasteiger partial charge in [0, 0.05) is 18.6 Å². The maximum Gasteiger partial charge on any atom is 0.135 e. The van der Waals surface area contributed by atoms with Crippen molar-refractivity contribution in [2.75, 3.05) is 20.0 Å². The van der Waals surface area contributed by atoms with E-state index in [1.165, 1.54) is 17.5 Å². The lowest BCUT2D eigenvalue weighted by Crippen LogP contribution is -2.46. The van der Waals surface area contributed by atoms with Crippen molar-refractivity contribution in [2.24, 2.45) is 0 Å². The fourth-order valence-electron chi connectivity index (χ4n) is 2.43. The van der Waals surface area contributed by atoms with Crippen molar-refractivity contribution in [2.45, 2.75) is 0 Å². The van der Waals surface area contributed by atoms with Crippen LogP contribution in [0.4, 0.5) is 0 Å². The van der Waals surface area contributed by atoms with E-state index in [-0.39, 0.29) is 0 Å². The summed E-state index contributed by atoms with van der Waals surface area (Å²) in [5.41, 5.74) is 0. The van der Waals surface area contributed by atoms with Gasteiger partial charge in [-0.15, -0.1) is 0 Å². The summed E-state index contributed by atoms with van der Waals surface area (Å²) in [6.07, 6.45) is 6.20. The Bertz CT molecular complexity index is 329. The third-order valence-corrected chi connectivity index (χ3v) is 3.10. The van der Waals surface area contributed by atoms with Crippen LogP contribution in [-0.2, 0) is 0 Å². The maximum atomic E-state index is 3.26. The van der Waals surface area contributed by atoms with Crippen molar-refractivity contribution in [3.8, 4) is 0 Å². The zero-order valence-corrected chi connectivity index (χ0v) is 8.20. The monoisotopic (exact) mass is 204 g/mol. The van der Waals surface area contributed by atoms with Crippen LogP contribution in [-0.4, -0.2) is 34.7 Å². The number of hydrogen-bond acceptors (Lipinski definition) is 6. The normalized spacial score (nSPS) is 25.6. The van der Waals surface area contributed by atoms with Gasteiger partial charge in [0.05, 0.1) is 20.0 Å². The molecule has 3 N–H and O–H groups in total. The van der Waals surface area contributed by atoms with Crippen LogP contribution >= 0.6 is 0 Å². The van der Waals surface area contributed by atoms with Crippen molar-refractivity contribution in [1.82, 2.24) is 30.7 Å². The molecule has 4 aliphatic rings. The second kappa shape index (κ2) is 2.33. The molecule has 0 spiro atoms. The molecule has 0 amide bonds. The standard InChI is InChI=1S/C9H12N6/c1-7-13(4-10-1)8-2-12-6-15(8)9-3-11-5-14(7)9/h1-3,10-12H,4-6H2. The minimum absolute atomic E-state index is 0.850. The van der Waals surface area contributed by atoms with Crippen LogP contribution < -0.4 is 16.0 Å². The van der Waals surface area contributed by atoms with Crippen molar-refractivity contribution >= 4 is 0 Å². The first kappa shape index (κ1) is 7.33. The van der Waals surface area contributed by atoms with E-state index < -0.39 is 0 Å². The van der Waals surface area contributed by atoms with Crippen molar-refractivity contribution in [3.05, 3.63) is 36.1 Å². The maximum absolute atomic E-state index is 3.26. The van der Waals surface area contributed by atoms with Crippen LogP contribution in [0.1, 0.15) is 0 Å². The van der Waals surface area contributed by atoms with Gasteiger partial charge in [-0.25, -0.2) is 0 Å². The first-order valence-corrected chi connectivity index (χ1v) is 5.08. The van der Waals surface area contributed by atoms with E-state index in [9.17, 15) is 0 Å². The van der Waals surface area contributed by atoms with Gasteiger partial charge in [0.2, 0.25) is 0 Å². The molecule has 0 radical (unpaired) electrons. The quantitative estimate of drug-likeness (QED) is 0.470. The molecule has 1 fully saturated rings. The van der Waals surface area contributed by atoms with Crippen LogP contribution in [0.25, 0.3) is 0 Å². The fraction of sp³-hybridized carbons (Fsp3) is 0.333. The summed E-state index contributed by atoms with van der Waals surface area (Å²) < 4.78 is 0. The van der Waals surface area contributed by atoms with E-state index >= 15 is 0 Å². The summed E-state index contributed by atoms with van der Waals surface area (Å²) >= 11 is 0. The lowest BCUT2D eigenvalue weighted by atomic mass is 10.4. The third-order valence-electron chi connectivity index (χ3n) is 3.10. The van der Waals surface area contributed by atoms with Crippen molar-refractivity contribution in [3.63, 3.8) is 0 Å². The highest BCUT2D eigenvalue weighted by Crippen LogP contribution is 2.36. The Kier molecular flexibility index (Phi) is 1.14. The Morgan fingerprint density at radius 3 is 1.33 bits per heavy atom. The number of hydrogen-bond donors (Lipinski definition) is 3. The number of fused-ring (bicyclic) bond motifs is 6. The summed E-state index contributed by atoms with van der Waals surface area (Å²) in [5.74, 6) is 3.66. The average Bonchev–Trinajstić information content (AvgIpc) is 2.97. The van der Waals surface area contributed by atoms with E-state index in [0.717, 1.165) is 20.0 Å². The Morgan fingerprint density at radius 2 is 1.00 bits per heavy atom. The Balaban J connectivity index is 1.86. The van der Waals surface area contributed by atoms with Gasteiger partial charge in [-0.05, 0) is 0 Å². The average molecular weight is 204 g/mol. The summed E-state index contributed by atoms with van der Waals surface area (Å²) in [7, 11) is 0. The topological polar surface area (TPSA) is 45.8 Å². The molecule has 4 rings (SSSR count). The molecule has 15 heavy (non-hydrogen) atoms. The Hall–Kier alpha value is -1.98. The van der Waals surface area contributed by atoms with Gasteiger partial charge in [0.25, 0.3) is 0 Å². The first-order valence-electron chi connectivity index (χ1n) is 5.08. The van der Waals surface area contributed by atoms with Crippen LogP contribution in [0.3, 0.4) is 0 Å². The molecule has 0 unspecified atom stereocenters. The molecular weight excluding hydrogens is 192 g/mol. The molecule has 0 atom stereocenters. The number of nitrogens with zero attached hydrogens (tertiary/aromatic N) is 3. The molecule has 0 saturated carbocycles. The Labute approximate surface area is 87.5 Å². The highest BCUT2D eigenvalue weighted by Gasteiger charge is 2.40. The SMILES string of the molecule is C1=C2N3CNC=C3N3CNC=C3N2CN1. The molecule has 6 heteroatoms. The van der Waals surface area contributed by atoms with Crippen LogP contribution in [0.15, 0.2) is 36.1 Å². The second-order valence-corrected chi connectivity index (χ2v) is 3.88. The van der Waals surface area contributed by atoms with Gasteiger partial charge in [0.15, 0.2) is 0 Å². The molecule has 4 heterocycles. The second-order valence-electron chi connectivity index (χ2n) is 3.88. The van der Waals surface area contributed by atoms with Crippen molar-refractivity contribution in [1.29, 1.82) is 0 Å². The van der Waals surface area contributed by atoms with E-state index in [1.807, 2.05) is 0 Å². The largest absolute Gasteiger partial charge is 0.370 e. The summed E-state index contributed by atoms with van der Waals surface area (Å²) in [5, 5.41) is 9.78. The van der Waals surface area contributed by atoms with Gasteiger partial charge in [-0.2, -0.15) is 0 Å². The van der Waals surface area contributed by atoms with Crippen LogP contribution in [0.2, 0.25) is 0 Å². The molecular formula is C9H12N6. The van der Waals surface area contributed by atoms with Gasteiger partial charge in [-0.1, -0.05) is 0 Å². The van der Waals surface area contributed by atoms with E-state index in [2.05, 4.69) is 49.2 Å². The molecule has 0 bridgehead atoms. The zero-order chi connectivity index (χ0) is 9.83. The summed E-state index contributed by atoms with van der Waals surface area (Å²) in [4.78, 5) is 6.80. The molecule has 6 nitrogen and oxygen atoms in total. The molecule has 4 aliphatic heterocycles. The molecule has 0 aromatic rings. The number of nitrogens with one attached hydrogen (secondary N) is 3. The van der Waals surface area contributed by atoms with Crippen LogP contribution in [0, 0.1) is 0 Å². The minimum atomic E-state index is 0.850. The van der Waals surface area contributed by atoms with E-state index in [4.69, 9.17) is 0 Å². The number of rotatable bonds is 0. The van der Waals surface area contributed by atoms with E-state index in [1.54, 1.807) is 0 Å². The zero-order valence-electron chi connectivity index (χ0n) is 8.20. The lowest BCUT2D eigenvalue weighted by Gasteiger charge is -2.41. The highest BCUT2D eigenvalue weighted by molar-refractivity contribution is 5.31. The molecule has 0 aromatic carbocycles. The fourth-order valence-corrected chi connectivity index (χ4v) is 2.43. The Morgan fingerprint density at radius 1 is 0.667 bits per heavy atom. The first-order chi connectivity index (χ1) is 7.45. The molecule has 0 aromatic heterocycles. The minimum Gasteiger partial charge on any atom is -0.370 e. The van der Waals surface area contributed by atoms with Crippen LogP contribution in [0.5, 0.6) is 0 Å². The smallest absolute Gasteiger partial charge is 0.135 e. The lowest BCUT2D eigenvalue weighted by molar-refractivity contribution is 0.159. The van der Waals surface area contributed by atoms with Gasteiger partial charge < -0.3 is 16.0 Å². The van der Waals surface area contributed by atoms with Crippen molar-refractivity contribution < 1.29 is 0 Å². The summed E-state index contributed by atoms with van der Waals surface area (Å²) in [6, 6.07) is 0.